The number of fused-ring (bicyclic) bond motifs is 3. The van der Waals surface area contributed by atoms with E-state index in [-0.39, 0.29) is 6.04 Å². The average Bonchev–Trinajstić information content (AvgIpc) is 3.13. The van der Waals surface area contributed by atoms with E-state index in [0.717, 1.165) is 34.6 Å². The summed E-state index contributed by atoms with van der Waals surface area (Å²) in [5.41, 5.74) is 1.95. The highest BCUT2D eigenvalue weighted by Crippen LogP contribution is 2.40. The Balaban J connectivity index is 1.56. The molecule has 0 saturated heterocycles. The smallest absolute Gasteiger partial charge is 0.137 e. The molecule has 34 heavy (non-hydrogen) atoms. The third-order valence-electron chi connectivity index (χ3n) is 6.58. The molecule has 4 unspecified atom stereocenters. The summed E-state index contributed by atoms with van der Waals surface area (Å²) in [4.78, 5) is 0.537. The van der Waals surface area contributed by atoms with Crippen LogP contribution in [0.4, 0.5) is 0 Å². The number of halogens is 3. The first-order valence-corrected chi connectivity index (χ1v) is 13.7. The molecule has 4 atom stereocenters. The van der Waals surface area contributed by atoms with Crippen molar-refractivity contribution in [2.75, 3.05) is 7.05 Å². The highest BCUT2D eigenvalue weighted by molar-refractivity contribution is 7.91. The third-order valence-corrected chi connectivity index (χ3v) is 9.35. The molecule has 9 heteroatoms. The molecular formula is C25H24Cl3N3O2S. The predicted molar refractivity (Wildman–Crippen MR) is 141 cm³/mol. The van der Waals surface area contributed by atoms with Gasteiger partial charge in [-0.2, -0.15) is 0 Å². The number of rotatable bonds is 4. The fourth-order valence-corrected chi connectivity index (χ4v) is 7.07. The number of benzene rings is 3. The second-order valence-electron chi connectivity index (χ2n) is 8.57. The fraction of sp³-hybridized carbons (Fsp3) is 0.280. The molecule has 1 aliphatic rings. The van der Waals surface area contributed by atoms with Crippen molar-refractivity contribution in [2.24, 2.45) is 4.36 Å². The zero-order valence-electron chi connectivity index (χ0n) is 18.4. The molecule has 0 radical (unpaired) electrons. The largest absolute Gasteiger partial charge is 0.389 e. The van der Waals surface area contributed by atoms with Gasteiger partial charge < -0.3 is 9.67 Å². The van der Waals surface area contributed by atoms with Crippen molar-refractivity contribution < 1.29 is 9.32 Å². The van der Waals surface area contributed by atoms with Crippen LogP contribution in [0, 0.1) is 0 Å². The van der Waals surface area contributed by atoms with Crippen LogP contribution in [0.5, 0.6) is 0 Å². The number of aliphatic hydroxyl groups is 1. The first kappa shape index (κ1) is 23.9. The normalized spacial score (nSPS) is 22.7. The van der Waals surface area contributed by atoms with Gasteiger partial charge in [-0.15, -0.1) is 0 Å². The Bertz CT molecular complexity index is 1430. The summed E-state index contributed by atoms with van der Waals surface area (Å²) in [7, 11) is -1.41. The third kappa shape index (κ3) is 4.21. The number of hydrogen-bond acceptors (Lipinski definition) is 3. The maximum absolute atomic E-state index is 13.7. The van der Waals surface area contributed by atoms with Gasteiger partial charge in [0, 0.05) is 50.0 Å². The van der Waals surface area contributed by atoms with Gasteiger partial charge in [0.1, 0.15) is 9.92 Å². The lowest BCUT2D eigenvalue weighted by Gasteiger charge is -2.37. The van der Waals surface area contributed by atoms with Crippen molar-refractivity contribution >= 4 is 66.5 Å². The molecule has 2 N–H and O–H groups in total. The van der Waals surface area contributed by atoms with Crippen LogP contribution < -0.4 is 4.72 Å². The van der Waals surface area contributed by atoms with Crippen LogP contribution in [0.25, 0.3) is 21.8 Å². The molecule has 1 heterocycles. The average molecular weight is 537 g/mol. The molecule has 4 aromatic rings. The number of hydrogen-bond donors (Lipinski definition) is 2. The molecule has 0 aliphatic heterocycles. The van der Waals surface area contributed by atoms with E-state index in [2.05, 4.69) is 13.7 Å². The van der Waals surface area contributed by atoms with E-state index in [4.69, 9.17) is 34.8 Å². The van der Waals surface area contributed by atoms with E-state index in [0.29, 0.717) is 26.4 Å². The van der Waals surface area contributed by atoms with Crippen molar-refractivity contribution in [1.29, 1.82) is 0 Å². The Labute approximate surface area is 213 Å². The summed E-state index contributed by atoms with van der Waals surface area (Å²) < 4.78 is 23.2. The van der Waals surface area contributed by atoms with Gasteiger partial charge in [0.05, 0.1) is 17.0 Å². The monoisotopic (exact) mass is 535 g/mol. The molecule has 0 amide bonds. The van der Waals surface area contributed by atoms with E-state index in [1.54, 1.807) is 24.3 Å². The van der Waals surface area contributed by atoms with E-state index in [9.17, 15) is 9.32 Å². The van der Waals surface area contributed by atoms with Crippen LogP contribution in [0.3, 0.4) is 0 Å². The second-order valence-corrected chi connectivity index (χ2v) is 12.0. The molecule has 178 valence electrons. The molecule has 1 aromatic heterocycles. The number of aliphatic hydroxyl groups excluding tert-OH is 1. The van der Waals surface area contributed by atoms with Crippen molar-refractivity contribution in [3.05, 3.63) is 75.7 Å². The van der Waals surface area contributed by atoms with E-state index in [1.807, 2.05) is 36.4 Å². The molecular weight excluding hydrogens is 513 g/mol. The van der Waals surface area contributed by atoms with Crippen molar-refractivity contribution in [3.63, 3.8) is 0 Å². The lowest BCUT2D eigenvalue weighted by atomic mass is 9.88. The Morgan fingerprint density at radius 3 is 2.03 bits per heavy atom. The number of nitrogens with zero attached hydrogens (tertiary/aromatic N) is 2. The lowest BCUT2D eigenvalue weighted by Crippen LogP contribution is -2.49. The van der Waals surface area contributed by atoms with Crippen LogP contribution in [-0.2, 0) is 9.92 Å². The standard InChI is InChI=1S/C25H24Cl3N3O2S/c1-29-34(33,18-9-5-15(26)6-10-18)30-21-3-2-4-24(25(21)32)31-22-11-7-16(27)13-19(22)20-14-17(28)8-12-23(20)31/h5-14,21,24-25,32H,2-4H2,1H3,(H,29,30,33). The quantitative estimate of drug-likeness (QED) is 0.299. The number of nitrogens with one attached hydrogen (secondary N) is 1. The molecule has 0 bridgehead atoms. The molecule has 1 aliphatic carbocycles. The zero-order valence-corrected chi connectivity index (χ0v) is 21.5. The van der Waals surface area contributed by atoms with Crippen LogP contribution in [0.15, 0.2) is 69.9 Å². The van der Waals surface area contributed by atoms with E-state index in [1.165, 1.54) is 7.05 Å². The van der Waals surface area contributed by atoms with Gasteiger partial charge in [0.15, 0.2) is 0 Å². The highest BCUT2D eigenvalue weighted by Gasteiger charge is 2.36. The lowest BCUT2D eigenvalue weighted by molar-refractivity contribution is 0.0550. The molecule has 5 rings (SSSR count). The van der Waals surface area contributed by atoms with E-state index < -0.39 is 22.1 Å². The van der Waals surface area contributed by atoms with Crippen molar-refractivity contribution in [1.82, 2.24) is 9.29 Å². The SMILES string of the molecule is CN=S(=O)(NC1CCCC(n2c3ccc(Cl)cc3c3cc(Cl)ccc32)C1O)c1ccc(Cl)cc1. The van der Waals surface area contributed by atoms with Gasteiger partial charge >= 0.3 is 0 Å². The summed E-state index contributed by atoms with van der Waals surface area (Å²) in [5.74, 6) is 0. The van der Waals surface area contributed by atoms with Crippen molar-refractivity contribution in [3.8, 4) is 0 Å². The van der Waals surface area contributed by atoms with Crippen LogP contribution in [0.1, 0.15) is 25.3 Å². The summed E-state index contributed by atoms with van der Waals surface area (Å²) in [6.45, 7) is 0. The summed E-state index contributed by atoms with van der Waals surface area (Å²) in [6.07, 6.45) is 1.55. The summed E-state index contributed by atoms with van der Waals surface area (Å²) in [5, 5.41) is 15.4. The topological polar surface area (TPSA) is 66.6 Å². The van der Waals surface area contributed by atoms with Crippen molar-refractivity contribution in [2.45, 2.75) is 42.3 Å². The maximum Gasteiger partial charge on any atom is 0.137 e. The zero-order chi connectivity index (χ0) is 24.0. The molecule has 0 spiro atoms. The van der Waals surface area contributed by atoms with Gasteiger partial charge in [0.25, 0.3) is 0 Å². The Morgan fingerprint density at radius 2 is 1.47 bits per heavy atom. The minimum atomic E-state index is -2.93. The molecule has 1 saturated carbocycles. The fourth-order valence-electron chi connectivity index (χ4n) is 4.97. The Morgan fingerprint density at radius 1 is 0.912 bits per heavy atom. The minimum Gasteiger partial charge on any atom is -0.389 e. The number of aromatic nitrogens is 1. The second kappa shape index (κ2) is 9.34. The van der Waals surface area contributed by atoms with Gasteiger partial charge in [-0.1, -0.05) is 34.8 Å². The maximum atomic E-state index is 13.7. The predicted octanol–water partition coefficient (Wildman–Crippen LogP) is 6.87. The van der Waals surface area contributed by atoms with Gasteiger partial charge in [-0.25, -0.2) is 13.3 Å². The van der Waals surface area contributed by atoms with Gasteiger partial charge in [-0.3, -0.25) is 0 Å². The first-order chi connectivity index (χ1) is 16.3. The van der Waals surface area contributed by atoms with Crippen LogP contribution in [0.2, 0.25) is 15.1 Å². The summed E-state index contributed by atoms with van der Waals surface area (Å²) >= 11 is 18.6. The van der Waals surface area contributed by atoms with Gasteiger partial charge in [0.2, 0.25) is 0 Å². The molecule has 1 fully saturated rings. The minimum absolute atomic E-state index is 0.223. The molecule has 3 aromatic carbocycles. The van der Waals surface area contributed by atoms with E-state index >= 15 is 0 Å². The summed E-state index contributed by atoms with van der Waals surface area (Å²) in [6, 6.07) is 17.7. The van der Waals surface area contributed by atoms with Gasteiger partial charge in [-0.05, 0) is 79.9 Å². The molecule has 5 nitrogen and oxygen atoms in total. The Hall–Kier alpha value is -1.80. The van der Waals surface area contributed by atoms with Crippen LogP contribution in [-0.4, -0.2) is 33.1 Å². The first-order valence-electron chi connectivity index (χ1n) is 11.1. The van der Waals surface area contributed by atoms with Crippen LogP contribution >= 0.6 is 34.8 Å². The highest BCUT2D eigenvalue weighted by atomic mass is 35.5. The Kier molecular flexibility index (Phi) is 6.57.